The zero-order valence-electron chi connectivity index (χ0n) is 4.84. The van der Waals surface area contributed by atoms with E-state index in [1.54, 1.807) is 0 Å². The van der Waals surface area contributed by atoms with Crippen LogP contribution >= 0.6 is 0 Å². The van der Waals surface area contributed by atoms with Crippen LogP contribution in [0.1, 0.15) is 0 Å². The normalized spacial score (nSPS) is 0.750. The molecule has 0 radical (unpaired) electrons. The van der Waals surface area contributed by atoms with E-state index in [1.807, 2.05) is 0 Å². The zero-order chi connectivity index (χ0) is 6.00. The Labute approximate surface area is 135 Å². The Balaban J connectivity index is -0.00000000500. The minimum absolute atomic E-state index is 0. The first-order chi connectivity index (χ1) is 3.00. The van der Waals surface area contributed by atoms with E-state index in [1.165, 1.54) is 0 Å². The Morgan fingerprint density at radius 1 is 0.500 bits per heavy atom. The first-order valence-electron chi connectivity index (χ1n) is 0.671. The standard InChI is InChI=1S/3CN.2K/c3*1-2;;/q3*-1;2*+1. The van der Waals surface area contributed by atoms with Gasteiger partial charge in [-0.2, -0.15) is 0 Å². The van der Waals surface area contributed by atoms with Crippen molar-refractivity contribution in [2.45, 2.75) is 0 Å². The molecule has 0 fully saturated rings. The summed E-state index contributed by atoms with van der Waals surface area (Å²) in [4.78, 5) is 0. The maximum atomic E-state index is 6.25. The summed E-state index contributed by atoms with van der Waals surface area (Å²) in [5, 5.41) is 18.8. The van der Waals surface area contributed by atoms with Crippen LogP contribution in [0.15, 0.2) is 0 Å². The topological polar surface area (TPSA) is 71.4 Å². The van der Waals surface area contributed by atoms with E-state index in [-0.39, 0.29) is 103 Å². The summed E-state index contributed by atoms with van der Waals surface area (Å²) in [7, 11) is 0. The van der Waals surface area contributed by atoms with Gasteiger partial charge in [0.2, 0.25) is 0 Å². The molecule has 0 aromatic carbocycles. The molecule has 0 aliphatic heterocycles. The molecule has 0 aliphatic rings. The fourth-order valence-corrected chi connectivity index (χ4v) is 0. The molecule has 3 nitrogen and oxygen atoms in total. The van der Waals surface area contributed by atoms with Gasteiger partial charge < -0.3 is 35.5 Å². The average molecular weight is 156 g/mol. The van der Waals surface area contributed by atoms with Gasteiger partial charge in [0.15, 0.2) is 0 Å². The Kier molecular flexibility index (Phi) is 714. The first kappa shape index (κ1) is 33.1. The predicted molar refractivity (Wildman–Crippen MR) is 14.9 cm³/mol. The van der Waals surface area contributed by atoms with Crippen molar-refractivity contribution in [1.29, 1.82) is 15.8 Å². The number of nitrogens with zero attached hydrogens (tertiary/aromatic N) is 3. The molecule has 8 heavy (non-hydrogen) atoms. The van der Waals surface area contributed by atoms with Gasteiger partial charge in [0.05, 0.1) is 0 Å². The van der Waals surface area contributed by atoms with E-state index in [2.05, 4.69) is 0 Å². The van der Waals surface area contributed by atoms with E-state index in [4.69, 9.17) is 35.5 Å². The van der Waals surface area contributed by atoms with Crippen molar-refractivity contribution in [3.63, 3.8) is 0 Å². The van der Waals surface area contributed by atoms with Gasteiger partial charge in [-0.05, 0) is 0 Å². The molecule has 0 unspecified atom stereocenters. The maximum Gasteiger partial charge on any atom is 1.00 e. The summed E-state index contributed by atoms with van der Waals surface area (Å²) >= 11 is 0. The largest absolute Gasteiger partial charge is 1.00 e. The van der Waals surface area contributed by atoms with Crippen LogP contribution in [-0.4, -0.2) is 0 Å². The third-order valence-electron chi connectivity index (χ3n) is 0. The minimum atomic E-state index is 0. The molecule has 0 saturated carbocycles. The summed E-state index contributed by atoms with van der Waals surface area (Å²) in [5.74, 6) is 0. The van der Waals surface area contributed by atoms with Crippen LogP contribution in [0.3, 0.4) is 0 Å². The maximum absolute atomic E-state index is 6.25. The molecule has 0 aromatic heterocycles. The second-order valence-corrected chi connectivity index (χ2v) is 0. The molecule has 0 aromatic rings. The molecule has 0 saturated heterocycles. The van der Waals surface area contributed by atoms with Gasteiger partial charge in [-0.15, -0.1) is 0 Å². The second kappa shape index (κ2) is 173. The monoisotopic (exact) mass is 156 g/mol. The van der Waals surface area contributed by atoms with Crippen molar-refractivity contribution in [2.24, 2.45) is 0 Å². The smallest absolute Gasteiger partial charge is 0.512 e. The number of hydrogen-bond donors (Lipinski definition) is 0. The Bertz CT molecular complexity index is 41.0. The van der Waals surface area contributed by atoms with Gasteiger partial charge in [-0.1, -0.05) is 0 Å². The van der Waals surface area contributed by atoms with Crippen molar-refractivity contribution in [3.05, 3.63) is 19.7 Å². The quantitative estimate of drug-likeness (QED) is 0.259. The van der Waals surface area contributed by atoms with Crippen LogP contribution < -0.4 is 103 Å². The molecular weight excluding hydrogens is 156 g/mol. The van der Waals surface area contributed by atoms with Crippen LogP contribution in [0, 0.1) is 35.5 Å². The first-order valence-corrected chi connectivity index (χ1v) is 0.671. The van der Waals surface area contributed by atoms with Crippen LogP contribution in [-0.2, 0) is 0 Å². The van der Waals surface area contributed by atoms with Crippen molar-refractivity contribution < 1.29 is 103 Å². The van der Waals surface area contributed by atoms with Crippen molar-refractivity contribution >= 4 is 0 Å². The fourth-order valence-electron chi connectivity index (χ4n) is 0. The SMILES string of the molecule is [C-]#N.[C-]#N.[C-]#N.[K+].[K+]. The van der Waals surface area contributed by atoms with Crippen LogP contribution in [0.2, 0.25) is 0 Å². The Morgan fingerprint density at radius 2 is 0.500 bits per heavy atom. The van der Waals surface area contributed by atoms with E-state index in [9.17, 15) is 0 Å². The summed E-state index contributed by atoms with van der Waals surface area (Å²) < 4.78 is 0. The number of rotatable bonds is 0. The molecule has 0 rings (SSSR count). The van der Waals surface area contributed by atoms with Crippen molar-refractivity contribution in [1.82, 2.24) is 0 Å². The summed E-state index contributed by atoms with van der Waals surface area (Å²) in [6.07, 6.45) is 0. The van der Waals surface area contributed by atoms with Crippen LogP contribution in [0.5, 0.6) is 0 Å². The Morgan fingerprint density at radius 3 is 0.500 bits per heavy atom. The van der Waals surface area contributed by atoms with Gasteiger partial charge in [0.1, 0.15) is 0 Å². The van der Waals surface area contributed by atoms with Crippen molar-refractivity contribution in [3.8, 4) is 0 Å². The molecule has 0 aliphatic carbocycles. The summed E-state index contributed by atoms with van der Waals surface area (Å²) in [6.45, 7) is 14.2. The molecule has 0 amide bonds. The number of hydrogen-bond acceptors (Lipinski definition) is 3. The third kappa shape index (κ3) is 116. The molecule has 30 valence electrons. The van der Waals surface area contributed by atoms with Gasteiger partial charge in [0.25, 0.3) is 0 Å². The van der Waals surface area contributed by atoms with Crippen LogP contribution in [0.4, 0.5) is 0 Å². The fraction of sp³-hybridized carbons (Fsp3) is 0. The van der Waals surface area contributed by atoms with E-state index in [0.29, 0.717) is 0 Å². The van der Waals surface area contributed by atoms with E-state index >= 15 is 0 Å². The summed E-state index contributed by atoms with van der Waals surface area (Å²) in [6, 6.07) is 0. The third-order valence-corrected chi connectivity index (χ3v) is 0. The van der Waals surface area contributed by atoms with Crippen molar-refractivity contribution in [2.75, 3.05) is 0 Å². The zero-order valence-corrected chi connectivity index (χ0v) is 11.1. The molecule has 0 N–H and O–H groups in total. The summed E-state index contributed by atoms with van der Waals surface area (Å²) in [5.41, 5.74) is 0. The van der Waals surface area contributed by atoms with Gasteiger partial charge in [0, 0.05) is 0 Å². The minimum Gasteiger partial charge on any atom is -0.512 e. The molecule has 0 bridgehead atoms. The van der Waals surface area contributed by atoms with Crippen LogP contribution in [0.25, 0.3) is 0 Å². The molecule has 0 heterocycles. The molecular formula is C3K2N3-. The molecule has 0 atom stereocenters. The van der Waals surface area contributed by atoms with E-state index in [0.717, 1.165) is 0 Å². The van der Waals surface area contributed by atoms with Gasteiger partial charge >= 0.3 is 103 Å². The second-order valence-electron chi connectivity index (χ2n) is 0. The molecule has 5 heteroatoms. The average Bonchev–Trinajstić information content (AvgIpc) is 1.81. The van der Waals surface area contributed by atoms with E-state index < -0.39 is 0 Å². The predicted octanol–water partition coefficient (Wildman–Crippen LogP) is -5.70. The Hall–Kier alpha value is 1.74. The van der Waals surface area contributed by atoms with Gasteiger partial charge in [-0.25, -0.2) is 0 Å². The molecule has 0 spiro atoms. The van der Waals surface area contributed by atoms with Gasteiger partial charge in [-0.3, -0.25) is 0 Å².